The van der Waals surface area contributed by atoms with E-state index in [2.05, 4.69) is 13.8 Å². The minimum absolute atomic E-state index is 0.162. The molecule has 3 aliphatic carbocycles. The number of ketones is 1. The quantitative estimate of drug-likeness (QED) is 0.786. The van der Waals surface area contributed by atoms with E-state index in [0.29, 0.717) is 23.7 Å². The summed E-state index contributed by atoms with van der Waals surface area (Å²) >= 11 is 0. The van der Waals surface area contributed by atoms with Crippen molar-refractivity contribution < 1.29 is 9.90 Å². The first-order valence-electron chi connectivity index (χ1n) is 8.09. The van der Waals surface area contributed by atoms with Crippen LogP contribution in [0, 0.1) is 28.6 Å². The van der Waals surface area contributed by atoms with Crippen molar-refractivity contribution in [1.82, 2.24) is 0 Å². The number of carbonyl (C=O) groups is 1. The van der Waals surface area contributed by atoms with Gasteiger partial charge in [0.25, 0.3) is 0 Å². The molecule has 2 nitrogen and oxygen atoms in total. The van der Waals surface area contributed by atoms with Crippen LogP contribution in [0.3, 0.4) is 0 Å². The third-order valence-corrected chi connectivity index (χ3v) is 6.85. The van der Waals surface area contributed by atoms with Crippen LogP contribution in [-0.4, -0.2) is 17.5 Å². The maximum Gasteiger partial charge on any atom is 0.133 e. The molecule has 0 amide bonds. The minimum Gasteiger partial charge on any atom is -0.396 e. The number of carbonyl (C=O) groups excluding carboxylic acids is 1. The molecular weight excluding hydrogens is 236 g/mol. The van der Waals surface area contributed by atoms with Crippen LogP contribution in [0.5, 0.6) is 0 Å². The second-order valence-electron chi connectivity index (χ2n) is 8.10. The van der Waals surface area contributed by atoms with Crippen molar-refractivity contribution in [3.8, 4) is 0 Å². The largest absolute Gasteiger partial charge is 0.396 e. The molecule has 0 aromatic rings. The number of Topliss-reactive ketones (excluding diaryl/α,β-unsaturated/α-hetero) is 1. The van der Waals surface area contributed by atoms with Crippen molar-refractivity contribution in [3.63, 3.8) is 0 Å². The Bertz CT molecular complexity index is 377. The highest BCUT2D eigenvalue weighted by molar-refractivity contribution is 5.79. The summed E-state index contributed by atoms with van der Waals surface area (Å²) < 4.78 is 0. The van der Waals surface area contributed by atoms with E-state index in [1.807, 2.05) is 0 Å². The molecular formula is C17H28O2. The molecule has 2 heteroatoms. The van der Waals surface area contributed by atoms with Crippen molar-refractivity contribution >= 4 is 5.78 Å². The first-order chi connectivity index (χ1) is 8.97. The molecule has 3 rings (SSSR count). The zero-order valence-electron chi connectivity index (χ0n) is 12.5. The molecule has 0 radical (unpaired) electrons. The standard InChI is InChI=1S/C17H28O2/c1-16(11-18)7-6-15-12(10-16)3-4-13-9-14(19)5-8-17(13,15)2/h12-13,15,18H,3-11H2,1-2H3/t12-,13+,15-,16-,17-/m0/s1. The summed E-state index contributed by atoms with van der Waals surface area (Å²) in [5, 5.41) is 9.63. The lowest BCUT2D eigenvalue weighted by molar-refractivity contribution is -0.134. The van der Waals surface area contributed by atoms with Crippen molar-refractivity contribution in [1.29, 1.82) is 0 Å². The van der Waals surface area contributed by atoms with E-state index in [-0.39, 0.29) is 5.41 Å². The van der Waals surface area contributed by atoms with Crippen LogP contribution in [0.4, 0.5) is 0 Å². The Kier molecular flexibility index (Phi) is 3.28. The van der Waals surface area contributed by atoms with Gasteiger partial charge in [-0.25, -0.2) is 0 Å². The van der Waals surface area contributed by atoms with E-state index in [4.69, 9.17) is 0 Å². The van der Waals surface area contributed by atoms with E-state index in [1.54, 1.807) is 0 Å². The van der Waals surface area contributed by atoms with E-state index < -0.39 is 0 Å². The molecule has 1 N–H and O–H groups in total. The first-order valence-corrected chi connectivity index (χ1v) is 8.09. The van der Waals surface area contributed by atoms with E-state index in [9.17, 15) is 9.90 Å². The molecule has 0 saturated heterocycles. The molecule has 0 aromatic heterocycles. The molecule has 3 saturated carbocycles. The number of aliphatic hydroxyl groups is 1. The van der Waals surface area contributed by atoms with Crippen LogP contribution in [0.15, 0.2) is 0 Å². The Morgan fingerprint density at radius 1 is 1.21 bits per heavy atom. The Hall–Kier alpha value is -0.370. The lowest BCUT2D eigenvalue weighted by atomic mass is 9.47. The summed E-state index contributed by atoms with van der Waals surface area (Å²) in [4.78, 5) is 11.7. The molecule has 3 fully saturated rings. The minimum atomic E-state index is 0.162. The van der Waals surface area contributed by atoms with Crippen molar-refractivity contribution in [3.05, 3.63) is 0 Å². The summed E-state index contributed by atoms with van der Waals surface area (Å²) in [5.74, 6) is 2.74. The van der Waals surface area contributed by atoms with Crippen LogP contribution in [0.1, 0.15) is 65.2 Å². The van der Waals surface area contributed by atoms with Gasteiger partial charge in [-0.15, -0.1) is 0 Å². The van der Waals surface area contributed by atoms with Crippen molar-refractivity contribution in [2.24, 2.45) is 28.6 Å². The smallest absolute Gasteiger partial charge is 0.133 e. The maximum absolute atomic E-state index is 11.7. The van der Waals surface area contributed by atoms with Gasteiger partial charge < -0.3 is 5.11 Å². The highest BCUT2D eigenvalue weighted by Crippen LogP contribution is 2.60. The predicted molar refractivity (Wildman–Crippen MR) is 75.7 cm³/mol. The summed E-state index contributed by atoms with van der Waals surface area (Å²) in [5.41, 5.74) is 0.572. The van der Waals surface area contributed by atoms with E-state index >= 15 is 0 Å². The summed E-state index contributed by atoms with van der Waals surface area (Å²) in [6.07, 6.45) is 8.94. The topological polar surface area (TPSA) is 37.3 Å². The van der Waals surface area contributed by atoms with Gasteiger partial charge in [0.1, 0.15) is 5.78 Å². The van der Waals surface area contributed by atoms with Gasteiger partial charge in [-0.05, 0) is 67.1 Å². The fourth-order valence-corrected chi connectivity index (χ4v) is 5.49. The Balaban J connectivity index is 1.80. The fourth-order valence-electron chi connectivity index (χ4n) is 5.49. The third-order valence-electron chi connectivity index (χ3n) is 6.85. The third kappa shape index (κ3) is 2.16. The number of hydrogen-bond donors (Lipinski definition) is 1. The molecule has 0 unspecified atom stereocenters. The molecule has 5 atom stereocenters. The highest BCUT2D eigenvalue weighted by atomic mass is 16.3. The molecule has 0 aliphatic heterocycles. The Morgan fingerprint density at radius 3 is 2.74 bits per heavy atom. The average molecular weight is 264 g/mol. The number of rotatable bonds is 1. The normalized spacial score (nSPS) is 50.5. The van der Waals surface area contributed by atoms with Gasteiger partial charge in [-0.3, -0.25) is 4.79 Å². The second kappa shape index (κ2) is 4.58. The van der Waals surface area contributed by atoms with Crippen LogP contribution in [0.25, 0.3) is 0 Å². The number of aliphatic hydroxyl groups excluding tert-OH is 1. The monoisotopic (exact) mass is 264 g/mol. The molecule has 108 valence electrons. The number of fused-ring (bicyclic) bond motifs is 3. The zero-order valence-corrected chi connectivity index (χ0v) is 12.5. The molecule has 0 aromatic carbocycles. The SMILES string of the molecule is C[C@]1(CO)CC[C@H]2[C@@H](CC[C@@H]3CC(=O)CC[C@@]32C)C1. The van der Waals surface area contributed by atoms with Gasteiger partial charge in [0.2, 0.25) is 0 Å². The average Bonchev–Trinajstić information content (AvgIpc) is 2.39. The van der Waals surface area contributed by atoms with Crippen molar-refractivity contribution in [2.45, 2.75) is 65.2 Å². The lowest BCUT2D eigenvalue weighted by Gasteiger charge is -2.57. The maximum atomic E-state index is 11.7. The van der Waals surface area contributed by atoms with Crippen molar-refractivity contribution in [2.75, 3.05) is 6.61 Å². The summed E-state index contributed by atoms with van der Waals surface area (Å²) in [6, 6.07) is 0. The highest BCUT2D eigenvalue weighted by Gasteiger charge is 2.53. The van der Waals surface area contributed by atoms with E-state index in [1.165, 1.54) is 32.1 Å². The summed E-state index contributed by atoms with van der Waals surface area (Å²) in [6.45, 7) is 5.05. The fraction of sp³-hybridized carbons (Fsp3) is 0.941. The van der Waals surface area contributed by atoms with Crippen LogP contribution in [-0.2, 0) is 4.79 Å². The molecule has 0 bridgehead atoms. The molecule has 0 heterocycles. The van der Waals surface area contributed by atoms with Crippen LogP contribution in [0.2, 0.25) is 0 Å². The van der Waals surface area contributed by atoms with Gasteiger partial charge in [-0.2, -0.15) is 0 Å². The van der Waals surface area contributed by atoms with Gasteiger partial charge in [-0.1, -0.05) is 13.8 Å². The molecule has 3 aliphatic rings. The second-order valence-corrected chi connectivity index (χ2v) is 8.10. The number of hydrogen-bond acceptors (Lipinski definition) is 2. The first kappa shape index (κ1) is 13.6. The van der Waals surface area contributed by atoms with Gasteiger partial charge >= 0.3 is 0 Å². The molecule has 19 heavy (non-hydrogen) atoms. The Morgan fingerprint density at radius 2 is 2.00 bits per heavy atom. The van der Waals surface area contributed by atoms with Gasteiger partial charge in [0, 0.05) is 19.4 Å². The zero-order chi connectivity index (χ0) is 13.7. The molecule has 0 spiro atoms. The lowest BCUT2D eigenvalue weighted by Crippen LogP contribution is -2.50. The van der Waals surface area contributed by atoms with E-state index in [0.717, 1.165) is 31.1 Å². The van der Waals surface area contributed by atoms with Gasteiger partial charge in [0.15, 0.2) is 0 Å². The van der Waals surface area contributed by atoms with Crippen LogP contribution >= 0.6 is 0 Å². The summed E-state index contributed by atoms with van der Waals surface area (Å²) in [7, 11) is 0. The predicted octanol–water partition coefficient (Wildman–Crippen LogP) is 3.57. The van der Waals surface area contributed by atoms with Gasteiger partial charge in [0.05, 0.1) is 0 Å². The van der Waals surface area contributed by atoms with Crippen LogP contribution < -0.4 is 0 Å². The Labute approximate surface area is 117 Å².